The Bertz CT molecular complexity index is 1230. The van der Waals surface area contributed by atoms with E-state index in [1.165, 1.54) is 6.20 Å². The number of piperazine rings is 1. The molecule has 4 heterocycles. The van der Waals surface area contributed by atoms with E-state index in [1.54, 1.807) is 12.3 Å². The molecular formula is C23H23BrFN7. The number of hydrogen-bond donors (Lipinski definition) is 2. The highest BCUT2D eigenvalue weighted by Crippen LogP contribution is 2.34. The number of aromatic amines is 1. The summed E-state index contributed by atoms with van der Waals surface area (Å²) in [7, 11) is 0. The predicted molar refractivity (Wildman–Crippen MR) is 127 cm³/mol. The quantitative estimate of drug-likeness (QED) is 0.438. The van der Waals surface area contributed by atoms with Crippen molar-refractivity contribution in [3.05, 3.63) is 70.3 Å². The standard InChI is InChI=1S/C23H23BrFN7/c24-19-13-28-23-20(29-22(30-23)17-3-1-15(10-26)2-4-17)21(19)32-7-5-31(6-8-32)14-16-9-18(25)12-27-11-16/h1-4,9,11-13H,5-8,10,14,26H2,(H,28,29,30). The summed E-state index contributed by atoms with van der Waals surface area (Å²) in [5.74, 6) is 0.490. The van der Waals surface area contributed by atoms with Crippen molar-refractivity contribution in [1.82, 2.24) is 24.8 Å². The number of benzene rings is 1. The summed E-state index contributed by atoms with van der Waals surface area (Å²) >= 11 is 3.68. The second kappa shape index (κ2) is 8.93. The van der Waals surface area contributed by atoms with Crippen LogP contribution < -0.4 is 10.6 Å². The molecule has 1 saturated heterocycles. The third-order valence-electron chi connectivity index (χ3n) is 5.76. The molecule has 0 radical (unpaired) electrons. The maximum absolute atomic E-state index is 13.4. The van der Waals surface area contributed by atoms with E-state index in [2.05, 4.69) is 40.7 Å². The largest absolute Gasteiger partial charge is 0.366 e. The first-order chi connectivity index (χ1) is 15.6. The zero-order chi connectivity index (χ0) is 22.1. The zero-order valence-corrected chi connectivity index (χ0v) is 19.0. The SMILES string of the molecule is NCc1ccc(-c2nc3c(N4CCN(Cc5cncc(F)c5)CC4)c(Br)cnc3[nH]2)cc1. The van der Waals surface area contributed by atoms with Crippen LogP contribution in [0.2, 0.25) is 0 Å². The predicted octanol–water partition coefficient (Wildman–Crippen LogP) is 3.70. The Morgan fingerprint density at radius 3 is 2.53 bits per heavy atom. The molecule has 0 atom stereocenters. The first kappa shape index (κ1) is 21.0. The first-order valence-corrected chi connectivity index (χ1v) is 11.3. The summed E-state index contributed by atoms with van der Waals surface area (Å²) in [5.41, 5.74) is 11.3. The van der Waals surface area contributed by atoms with Gasteiger partial charge in [-0.05, 0) is 33.1 Å². The number of H-pyrrole nitrogens is 1. The minimum absolute atomic E-state index is 0.295. The van der Waals surface area contributed by atoms with Gasteiger partial charge in [0.1, 0.15) is 17.2 Å². The lowest BCUT2D eigenvalue weighted by atomic mass is 10.1. The van der Waals surface area contributed by atoms with Crippen molar-refractivity contribution in [2.24, 2.45) is 5.73 Å². The summed E-state index contributed by atoms with van der Waals surface area (Å²) in [6.45, 7) is 4.62. The molecule has 0 bridgehead atoms. The molecular weight excluding hydrogens is 473 g/mol. The lowest BCUT2D eigenvalue weighted by molar-refractivity contribution is 0.249. The molecule has 4 aromatic rings. The van der Waals surface area contributed by atoms with Gasteiger partial charge in [0.15, 0.2) is 5.65 Å². The Morgan fingerprint density at radius 2 is 1.81 bits per heavy atom. The van der Waals surface area contributed by atoms with Gasteiger partial charge in [-0.15, -0.1) is 0 Å². The van der Waals surface area contributed by atoms with Crippen LogP contribution in [0.5, 0.6) is 0 Å². The number of anilines is 1. The number of imidazole rings is 1. The average molecular weight is 496 g/mol. The van der Waals surface area contributed by atoms with E-state index < -0.39 is 0 Å². The van der Waals surface area contributed by atoms with Crippen LogP contribution in [0.4, 0.5) is 10.1 Å². The Hall–Kier alpha value is -2.88. The molecule has 0 amide bonds. The van der Waals surface area contributed by atoms with E-state index in [9.17, 15) is 4.39 Å². The molecule has 32 heavy (non-hydrogen) atoms. The van der Waals surface area contributed by atoms with Crippen molar-refractivity contribution in [3.63, 3.8) is 0 Å². The number of rotatable bonds is 5. The van der Waals surface area contributed by atoms with Crippen molar-refractivity contribution in [2.75, 3.05) is 31.1 Å². The number of pyridine rings is 2. The summed E-state index contributed by atoms with van der Waals surface area (Å²) in [4.78, 5) is 21.4. The van der Waals surface area contributed by atoms with Crippen molar-refractivity contribution in [3.8, 4) is 11.4 Å². The average Bonchev–Trinajstić information content (AvgIpc) is 3.24. The highest BCUT2D eigenvalue weighted by atomic mass is 79.9. The molecule has 1 fully saturated rings. The van der Waals surface area contributed by atoms with E-state index in [1.807, 2.05) is 30.5 Å². The fraction of sp³-hybridized carbons (Fsp3) is 0.261. The Balaban J connectivity index is 1.37. The van der Waals surface area contributed by atoms with Crippen molar-refractivity contribution < 1.29 is 4.39 Å². The maximum Gasteiger partial charge on any atom is 0.159 e. The van der Waals surface area contributed by atoms with Crippen LogP contribution in [0.1, 0.15) is 11.1 Å². The van der Waals surface area contributed by atoms with Gasteiger partial charge < -0.3 is 15.6 Å². The molecule has 1 aliphatic heterocycles. The summed E-state index contributed by atoms with van der Waals surface area (Å²) < 4.78 is 14.4. The fourth-order valence-corrected chi connectivity index (χ4v) is 4.63. The molecule has 0 aliphatic carbocycles. The van der Waals surface area contributed by atoms with Gasteiger partial charge in [-0.25, -0.2) is 14.4 Å². The lowest BCUT2D eigenvalue weighted by Crippen LogP contribution is -2.46. The number of nitrogens with one attached hydrogen (secondary N) is 1. The van der Waals surface area contributed by atoms with Gasteiger partial charge in [0.05, 0.1) is 16.4 Å². The number of halogens is 2. The van der Waals surface area contributed by atoms with Crippen LogP contribution in [-0.2, 0) is 13.1 Å². The van der Waals surface area contributed by atoms with Gasteiger partial charge in [-0.2, -0.15) is 0 Å². The smallest absolute Gasteiger partial charge is 0.159 e. The van der Waals surface area contributed by atoms with Gasteiger partial charge in [-0.1, -0.05) is 24.3 Å². The van der Waals surface area contributed by atoms with Gasteiger partial charge in [0, 0.05) is 57.2 Å². The lowest BCUT2D eigenvalue weighted by Gasteiger charge is -2.36. The van der Waals surface area contributed by atoms with Gasteiger partial charge in [-0.3, -0.25) is 9.88 Å². The third-order valence-corrected chi connectivity index (χ3v) is 6.34. The second-order valence-electron chi connectivity index (χ2n) is 7.91. The minimum Gasteiger partial charge on any atom is -0.366 e. The molecule has 0 saturated carbocycles. The van der Waals surface area contributed by atoms with Crippen molar-refractivity contribution >= 4 is 32.8 Å². The summed E-state index contributed by atoms with van der Waals surface area (Å²) in [6.07, 6.45) is 4.78. The molecule has 5 rings (SSSR count). The maximum atomic E-state index is 13.4. The normalized spacial score (nSPS) is 14.9. The van der Waals surface area contributed by atoms with E-state index in [0.717, 1.165) is 70.0 Å². The molecule has 3 aromatic heterocycles. The number of nitrogens with two attached hydrogens (primary N) is 1. The van der Waals surface area contributed by atoms with Crippen LogP contribution in [0.15, 0.2) is 53.4 Å². The minimum atomic E-state index is -0.295. The highest BCUT2D eigenvalue weighted by molar-refractivity contribution is 9.10. The number of hydrogen-bond acceptors (Lipinski definition) is 6. The third kappa shape index (κ3) is 4.23. The molecule has 9 heteroatoms. The second-order valence-corrected chi connectivity index (χ2v) is 8.77. The molecule has 1 aliphatic rings. The van der Waals surface area contributed by atoms with E-state index in [-0.39, 0.29) is 5.82 Å². The Morgan fingerprint density at radius 1 is 1.03 bits per heavy atom. The topological polar surface area (TPSA) is 87.0 Å². The summed E-state index contributed by atoms with van der Waals surface area (Å²) in [5, 5.41) is 0. The van der Waals surface area contributed by atoms with Crippen LogP contribution in [0, 0.1) is 5.82 Å². The number of nitrogens with zero attached hydrogens (tertiary/aromatic N) is 5. The molecule has 0 unspecified atom stereocenters. The van der Waals surface area contributed by atoms with E-state index >= 15 is 0 Å². The van der Waals surface area contributed by atoms with Crippen LogP contribution in [-0.4, -0.2) is 51.0 Å². The summed E-state index contributed by atoms with van der Waals surface area (Å²) in [6, 6.07) is 9.62. The number of aromatic nitrogens is 4. The van der Waals surface area contributed by atoms with Gasteiger partial charge in [0.2, 0.25) is 0 Å². The van der Waals surface area contributed by atoms with Crippen molar-refractivity contribution in [1.29, 1.82) is 0 Å². The Kier molecular flexibility index (Phi) is 5.86. The van der Waals surface area contributed by atoms with E-state index in [4.69, 9.17) is 10.7 Å². The van der Waals surface area contributed by atoms with E-state index in [0.29, 0.717) is 13.1 Å². The van der Waals surface area contributed by atoms with Gasteiger partial charge >= 0.3 is 0 Å². The molecule has 164 valence electrons. The van der Waals surface area contributed by atoms with Crippen LogP contribution >= 0.6 is 15.9 Å². The van der Waals surface area contributed by atoms with Crippen molar-refractivity contribution in [2.45, 2.75) is 13.1 Å². The highest BCUT2D eigenvalue weighted by Gasteiger charge is 2.23. The zero-order valence-electron chi connectivity index (χ0n) is 17.4. The van der Waals surface area contributed by atoms with Crippen LogP contribution in [0.25, 0.3) is 22.6 Å². The molecule has 0 spiro atoms. The first-order valence-electron chi connectivity index (χ1n) is 10.5. The van der Waals surface area contributed by atoms with Gasteiger partial charge in [0.25, 0.3) is 0 Å². The Labute approximate surface area is 193 Å². The fourth-order valence-electron chi connectivity index (χ4n) is 4.08. The molecule has 3 N–H and O–H groups in total. The van der Waals surface area contributed by atoms with Crippen LogP contribution in [0.3, 0.4) is 0 Å². The monoisotopic (exact) mass is 495 g/mol. The number of fused-ring (bicyclic) bond motifs is 1. The molecule has 7 nitrogen and oxygen atoms in total. The molecule has 1 aromatic carbocycles.